The van der Waals surface area contributed by atoms with Crippen LogP contribution in [-0.4, -0.2) is 67.3 Å². The molecule has 0 unspecified atom stereocenters. The Bertz CT molecular complexity index is 1130. The average molecular weight is 510 g/mol. The van der Waals surface area contributed by atoms with Crippen LogP contribution >= 0.6 is 0 Å². The van der Waals surface area contributed by atoms with Crippen LogP contribution in [0.15, 0.2) is 41.2 Å². The van der Waals surface area contributed by atoms with E-state index in [-0.39, 0.29) is 5.43 Å². The number of aromatic amines is 1. The topological polar surface area (TPSA) is 57.8 Å². The number of hydrogen-bond donors (Lipinski definition) is 1. The molecule has 0 aliphatic carbocycles. The summed E-state index contributed by atoms with van der Waals surface area (Å²) in [5, 5.41) is 1.33. The summed E-state index contributed by atoms with van der Waals surface area (Å²) in [6, 6.07) is 11.5. The summed E-state index contributed by atoms with van der Waals surface area (Å²) < 4.78 is 12.0. The Morgan fingerprint density at radius 3 is 1.68 bits per heavy atom. The van der Waals surface area contributed by atoms with E-state index in [0.29, 0.717) is 24.0 Å². The first-order valence-electron chi connectivity index (χ1n) is 14.4. The van der Waals surface area contributed by atoms with Gasteiger partial charge in [0.05, 0.1) is 24.2 Å². The lowest BCUT2D eigenvalue weighted by Crippen LogP contribution is -2.27. The molecule has 204 valence electrons. The van der Waals surface area contributed by atoms with Crippen molar-refractivity contribution < 1.29 is 9.47 Å². The van der Waals surface area contributed by atoms with Crippen molar-refractivity contribution in [1.29, 1.82) is 0 Å². The minimum Gasteiger partial charge on any atom is -0.494 e. The van der Waals surface area contributed by atoms with E-state index in [1.54, 1.807) is 0 Å². The van der Waals surface area contributed by atoms with Crippen LogP contribution in [0.4, 0.5) is 0 Å². The highest BCUT2D eigenvalue weighted by molar-refractivity contribution is 5.93. The van der Waals surface area contributed by atoms with Gasteiger partial charge in [-0.2, -0.15) is 0 Å². The largest absolute Gasteiger partial charge is 0.494 e. The maximum absolute atomic E-state index is 13.2. The first kappa shape index (κ1) is 29.0. The summed E-state index contributed by atoms with van der Waals surface area (Å²) in [6.07, 6.45) is 6.67. The second kappa shape index (κ2) is 15.6. The Labute approximate surface area is 222 Å². The fourth-order valence-corrected chi connectivity index (χ4v) is 5.01. The molecule has 3 aromatic rings. The summed E-state index contributed by atoms with van der Waals surface area (Å²) in [4.78, 5) is 21.7. The van der Waals surface area contributed by atoms with Crippen molar-refractivity contribution in [3.05, 3.63) is 46.6 Å². The lowest BCUT2D eigenvalue weighted by molar-refractivity contribution is 0.234. The molecule has 0 atom stereocenters. The molecule has 1 N–H and O–H groups in total. The molecule has 0 saturated carbocycles. The maximum atomic E-state index is 13.2. The lowest BCUT2D eigenvalue weighted by Gasteiger charge is -2.20. The predicted molar refractivity (Wildman–Crippen MR) is 156 cm³/mol. The van der Waals surface area contributed by atoms with Crippen molar-refractivity contribution >= 4 is 21.8 Å². The van der Waals surface area contributed by atoms with Crippen molar-refractivity contribution in [2.45, 2.75) is 66.2 Å². The van der Waals surface area contributed by atoms with E-state index in [1.165, 1.54) is 25.7 Å². The predicted octanol–water partition coefficient (Wildman–Crippen LogP) is 6.46. The van der Waals surface area contributed by atoms with Gasteiger partial charge in [-0.25, -0.2) is 0 Å². The summed E-state index contributed by atoms with van der Waals surface area (Å²) in [7, 11) is 0. The van der Waals surface area contributed by atoms with Crippen LogP contribution in [0, 0.1) is 0 Å². The second-order valence-electron chi connectivity index (χ2n) is 9.96. The van der Waals surface area contributed by atoms with E-state index < -0.39 is 0 Å². The summed E-state index contributed by atoms with van der Waals surface area (Å²) >= 11 is 0. The van der Waals surface area contributed by atoms with E-state index in [1.807, 2.05) is 36.4 Å². The number of nitrogens with zero attached hydrogens (tertiary/aromatic N) is 2. The number of ether oxygens (including phenoxy) is 2. The van der Waals surface area contributed by atoms with Gasteiger partial charge in [-0.3, -0.25) is 4.79 Å². The molecular formula is C31H47N3O3. The smallest absolute Gasteiger partial charge is 0.197 e. The lowest BCUT2D eigenvalue weighted by atomic mass is 10.1. The minimum absolute atomic E-state index is 0.0209. The Hall–Kier alpha value is -2.57. The van der Waals surface area contributed by atoms with Gasteiger partial charge in [0.1, 0.15) is 11.5 Å². The van der Waals surface area contributed by atoms with Gasteiger partial charge >= 0.3 is 0 Å². The SMILES string of the molecule is CCCN(CCC)CCCOc1ccc2c(=O)c3cc(OCCCN(CCC)CCC)ccc3[nH]c2c1. The van der Waals surface area contributed by atoms with Gasteiger partial charge in [0, 0.05) is 29.9 Å². The van der Waals surface area contributed by atoms with Gasteiger partial charge in [-0.15, -0.1) is 0 Å². The zero-order chi connectivity index (χ0) is 26.5. The highest BCUT2D eigenvalue weighted by atomic mass is 16.5. The number of hydrogen-bond acceptors (Lipinski definition) is 5. The van der Waals surface area contributed by atoms with Gasteiger partial charge < -0.3 is 24.3 Å². The standard InChI is InChI=1S/C31H47N3O3/c1-5-15-33(16-6-2)19-9-21-36-25-12-14-29-28(23-25)31(35)27-13-11-26(24-30(27)32-29)37-22-10-20-34(17-7-3)18-8-4/h11-14,23-24H,5-10,15-22H2,1-4H3,(H,32,35). The molecule has 3 rings (SSSR count). The van der Waals surface area contributed by atoms with Gasteiger partial charge in [0.25, 0.3) is 0 Å². The van der Waals surface area contributed by atoms with E-state index in [4.69, 9.17) is 9.47 Å². The van der Waals surface area contributed by atoms with Crippen LogP contribution in [0.5, 0.6) is 11.5 Å². The number of nitrogens with one attached hydrogen (secondary N) is 1. The first-order valence-corrected chi connectivity index (χ1v) is 14.4. The zero-order valence-corrected chi connectivity index (χ0v) is 23.5. The fourth-order valence-electron chi connectivity index (χ4n) is 5.01. The molecule has 0 bridgehead atoms. The monoisotopic (exact) mass is 509 g/mol. The van der Waals surface area contributed by atoms with Crippen molar-refractivity contribution in [3.63, 3.8) is 0 Å². The maximum Gasteiger partial charge on any atom is 0.197 e. The normalized spacial score (nSPS) is 11.7. The third kappa shape index (κ3) is 8.75. The average Bonchev–Trinajstić information content (AvgIpc) is 2.90. The van der Waals surface area contributed by atoms with E-state index >= 15 is 0 Å². The van der Waals surface area contributed by atoms with Crippen LogP contribution in [0.1, 0.15) is 66.2 Å². The third-order valence-corrected chi connectivity index (χ3v) is 6.67. The second-order valence-corrected chi connectivity index (χ2v) is 9.96. The van der Waals surface area contributed by atoms with E-state index in [9.17, 15) is 4.79 Å². The Balaban J connectivity index is 1.60. The van der Waals surface area contributed by atoms with E-state index in [2.05, 4.69) is 42.5 Å². The molecule has 2 aromatic carbocycles. The minimum atomic E-state index is 0.0209. The molecular weight excluding hydrogens is 462 g/mol. The van der Waals surface area contributed by atoms with E-state index in [0.717, 1.165) is 74.6 Å². The number of rotatable bonds is 18. The van der Waals surface area contributed by atoms with Crippen LogP contribution in [-0.2, 0) is 0 Å². The summed E-state index contributed by atoms with van der Waals surface area (Å²) in [6.45, 7) is 16.9. The quantitative estimate of drug-likeness (QED) is 0.157. The van der Waals surface area contributed by atoms with Crippen molar-refractivity contribution in [2.24, 2.45) is 0 Å². The van der Waals surface area contributed by atoms with Crippen molar-refractivity contribution in [2.75, 3.05) is 52.5 Å². The Kier molecular flexibility index (Phi) is 12.2. The van der Waals surface area contributed by atoms with Gasteiger partial charge in [-0.1, -0.05) is 27.7 Å². The molecule has 0 spiro atoms. The molecule has 37 heavy (non-hydrogen) atoms. The van der Waals surface area contributed by atoms with Crippen LogP contribution in [0.3, 0.4) is 0 Å². The van der Waals surface area contributed by atoms with Gasteiger partial charge in [0.15, 0.2) is 5.43 Å². The molecule has 0 radical (unpaired) electrons. The summed E-state index contributed by atoms with van der Waals surface area (Å²) in [5.41, 5.74) is 1.63. The van der Waals surface area contributed by atoms with Crippen LogP contribution in [0.2, 0.25) is 0 Å². The number of aromatic nitrogens is 1. The first-order chi connectivity index (χ1) is 18.1. The van der Waals surface area contributed by atoms with Crippen LogP contribution < -0.4 is 14.9 Å². The molecule has 1 aromatic heterocycles. The molecule has 0 amide bonds. The number of pyridine rings is 1. The molecule has 0 fully saturated rings. The number of H-pyrrole nitrogens is 1. The molecule has 0 aliphatic rings. The number of benzene rings is 2. The fraction of sp³-hybridized carbons (Fsp3) is 0.581. The molecule has 0 saturated heterocycles. The highest BCUT2D eigenvalue weighted by Crippen LogP contribution is 2.23. The molecule has 1 heterocycles. The van der Waals surface area contributed by atoms with Gasteiger partial charge in [-0.05, 0) is 95.0 Å². The number of fused-ring (bicyclic) bond motifs is 2. The molecule has 0 aliphatic heterocycles. The van der Waals surface area contributed by atoms with Crippen LogP contribution in [0.25, 0.3) is 21.8 Å². The van der Waals surface area contributed by atoms with Crippen molar-refractivity contribution in [1.82, 2.24) is 14.8 Å². The molecule has 6 nitrogen and oxygen atoms in total. The molecule has 6 heteroatoms. The Morgan fingerprint density at radius 1 is 0.622 bits per heavy atom. The third-order valence-electron chi connectivity index (χ3n) is 6.67. The highest BCUT2D eigenvalue weighted by Gasteiger charge is 2.09. The van der Waals surface area contributed by atoms with Gasteiger partial charge in [0.2, 0.25) is 0 Å². The van der Waals surface area contributed by atoms with Crippen molar-refractivity contribution in [3.8, 4) is 11.5 Å². The summed E-state index contributed by atoms with van der Waals surface area (Å²) in [5.74, 6) is 1.54. The Morgan fingerprint density at radius 2 is 1.14 bits per heavy atom. The zero-order valence-electron chi connectivity index (χ0n) is 23.5.